The summed E-state index contributed by atoms with van der Waals surface area (Å²) in [6.45, 7) is 27.1. The molecule has 1 atom stereocenters. The van der Waals surface area contributed by atoms with E-state index in [0.29, 0.717) is 5.92 Å². The highest BCUT2D eigenvalue weighted by molar-refractivity contribution is 5.00. The van der Waals surface area contributed by atoms with Gasteiger partial charge in [-0.1, -0.05) is 41.5 Å². The molecule has 0 aliphatic rings. The van der Waals surface area contributed by atoms with Crippen molar-refractivity contribution in [2.75, 3.05) is 0 Å². The molecule has 0 heterocycles. The molecular weight excluding hydrogens is 306 g/mol. The Labute approximate surface area is 159 Å². The lowest BCUT2D eigenvalue weighted by atomic mass is 9.63. The topological polar surface area (TPSA) is 64.1 Å². The third-order valence-electron chi connectivity index (χ3n) is 5.09. The van der Waals surface area contributed by atoms with E-state index in [9.17, 15) is 0 Å². The van der Waals surface area contributed by atoms with E-state index in [-0.39, 0.29) is 33.5 Å². The van der Waals surface area contributed by atoms with Crippen LogP contribution in [0.1, 0.15) is 102 Å². The van der Waals surface area contributed by atoms with Crippen LogP contribution in [0.25, 0.3) is 0 Å². The van der Waals surface area contributed by atoms with Gasteiger partial charge in [0.05, 0.1) is 0 Å². The zero-order chi connectivity index (χ0) is 20.5. The predicted octanol–water partition coefficient (Wildman–Crippen LogP) is 5.08. The largest absolute Gasteiger partial charge is 0.327 e. The number of nitrogens with two attached hydrogens (primary N) is 2. The van der Waals surface area contributed by atoms with Crippen molar-refractivity contribution in [3.05, 3.63) is 0 Å². The van der Waals surface area contributed by atoms with Crippen LogP contribution in [0.15, 0.2) is 0 Å². The monoisotopic (exact) mass is 355 g/mol. The van der Waals surface area contributed by atoms with Crippen LogP contribution in [-0.4, -0.2) is 22.7 Å². The number of nitrogens with one attached hydrogen (secondary N) is 1. The van der Waals surface area contributed by atoms with Crippen molar-refractivity contribution >= 4 is 0 Å². The zero-order valence-corrected chi connectivity index (χ0v) is 19.4. The first-order chi connectivity index (χ1) is 10.7. The SMILES string of the molecule is CC(C)CC(C)(C)C(N)C(C)(C)CC(C)(C)NC(C)(C)CC(C)(C)N. The summed E-state index contributed by atoms with van der Waals surface area (Å²) in [5.41, 5.74) is 13.0. The highest BCUT2D eigenvalue weighted by Gasteiger charge is 2.42. The Hall–Kier alpha value is -0.120. The second-order valence-corrected chi connectivity index (χ2v) is 12.3. The average molecular weight is 356 g/mol. The first-order valence-corrected chi connectivity index (χ1v) is 10.0. The second-order valence-electron chi connectivity index (χ2n) is 12.3. The summed E-state index contributed by atoms with van der Waals surface area (Å²) >= 11 is 0. The van der Waals surface area contributed by atoms with Gasteiger partial charge in [0.25, 0.3) is 0 Å². The molecule has 3 heteroatoms. The quantitative estimate of drug-likeness (QED) is 0.512. The van der Waals surface area contributed by atoms with E-state index in [4.69, 9.17) is 11.5 Å². The molecule has 3 nitrogen and oxygen atoms in total. The Kier molecular flexibility index (Phi) is 7.82. The first kappa shape index (κ1) is 24.9. The summed E-state index contributed by atoms with van der Waals surface area (Å²) < 4.78 is 0. The number of rotatable bonds is 10. The molecule has 0 amide bonds. The number of hydrogen-bond donors (Lipinski definition) is 3. The van der Waals surface area contributed by atoms with Gasteiger partial charge in [0.15, 0.2) is 0 Å². The summed E-state index contributed by atoms with van der Waals surface area (Å²) in [6.07, 6.45) is 3.10. The van der Waals surface area contributed by atoms with Gasteiger partial charge in [0, 0.05) is 22.7 Å². The molecule has 1 unspecified atom stereocenters. The summed E-state index contributed by atoms with van der Waals surface area (Å²) in [5, 5.41) is 3.86. The lowest BCUT2D eigenvalue weighted by Crippen LogP contribution is -2.59. The third-order valence-corrected chi connectivity index (χ3v) is 5.09. The van der Waals surface area contributed by atoms with Crippen molar-refractivity contribution in [1.82, 2.24) is 5.32 Å². The van der Waals surface area contributed by atoms with E-state index in [2.05, 4.69) is 88.4 Å². The normalized spacial score (nSPS) is 16.4. The van der Waals surface area contributed by atoms with Crippen LogP contribution in [0.2, 0.25) is 0 Å². The highest BCUT2D eigenvalue weighted by atomic mass is 15.0. The maximum Gasteiger partial charge on any atom is 0.0147 e. The van der Waals surface area contributed by atoms with Crippen LogP contribution >= 0.6 is 0 Å². The van der Waals surface area contributed by atoms with Gasteiger partial charge in [-0.3, -0.25) is 0 Å². The van der Waals surface area contributed by atoms with Gasteiger partial charge in [0.1, 0.15) is 0 Å². The van der Waals surface area contributed by atoms with E-state index in [1.807, 2.05) is 0 Å². The molecule has 0 saturated carbocycles. The average Bonchev–Trinajstić information content (AvgIpc) is 2.18. The Morgan fingerprint density at radius 3 is 1.48 bits per heavy atom. The van der Waals surface area contributed by atoms with Crippen molar-refractivity contribution < 1.29 is 0 Å². The van der Waals surface area contributed by atoms with Crippen LogP contribution in [0.3, 0.4) is 0 Å². The van der Waals surface area contributed by atoms with Crippen LogP contribution in [0, 0.1) is 16.7 Å². The Morgan fingerprint density at radius 1 is 0.720 bits per heavy atom. The lowest BCUT2D eigenvalue weighted by Gasteiger charge is -2.48. The molecule has 0 saturated heterocycles. The molecule has 5 N–H and O–H groups in total. The predicted molar refractivity (Wildman–Crippen MR) is 114 cm³/mol. The lowest BCUT2D eigenvalue weighted by molar-refractivity contribution is 0.0781. The third kappa shape index (κ3) is 9.40. The minimum Gasteiger partial charge on any atom is -0.327 e. The molecule has 0 aromatic rings. The smallest absolute Gasteiger partial charge is 0.0147 e. The van der Waals surface area contributed by atoms with E-state index >= 15 is 0 Å². The van der Waals surface area contributed by atoms with Gasteiger partial charge in [-0.05, 0) is 77.6 Å². The van der Waals surface area contributed by atoms with Crippen molar-refractivity contribution in [3.8, 4) is 0 Å². The van der Waals surface area contributed by atoms with Crippen LogP contribution in [0.5, 0.6) is 0 Å². The van der Waals surface area contributed by atoms with Gasteiger partial charge in [-0.2, -0.15) is 0 Å². The minimum absolute atomic E-state index is 0.0101. The first-order valence-electron chi connectivity index (χ1n) is 10.0. The molecule has 0 aliphatic carbocycles. The summed E-state index contributed by atoms with van der Waals surface area (Å²) in [7, 11) is 0. The second kappa shape index (κ2) is 7.86. The van der Waals surface area contributed by atoms with Crippen LogP contribution in [-0.2, 0) is 0 Å². The van der Waals surface area contributed by atoms with Crippen molar-refractivity contribution in [2.24, 2.45) is 28.2 Å². The van der Waals surface area contributed by atoms with E-state index in [0.717, 1.165) is 19.3 Å². The fourth-order valence-electron chi connectivity index (χ4n) is 5.63. The zero-order valence-electron chi connectivity index (χ0n) is 19.4. The van der Waals surface area contributed by atoms with Crippen LogP contribution in [0.4, 0.5) is 0 Å². The molecular formula is C22H49N3. The van der Waals surface area contributed by atoms with E-state index in [1.54, 1.807) is 0 Å². The van der Waals surface area contributed by atoms with Gasteiger partial charge in [0.2, 0.25) is 0 Å². The molecule has 0 bridgehead atoms. The fourth-order valence-corrected chi connectivity index (χ4v) is 5.63. The minimum atomic E-state index is -0.183. The van der Waals surface area contributed by atoms with Crippen molar-refractivity contribution in [1.29, 1.82) is 0 Å². The van der Waals surface area contributed by atoms with Gasteiger partial charge in [-0.25, -0.2) is 0 Å². The van der Waals surface area contributed by atoms with Crippen LogP contribution < -0.4 is 16.8 Å². The van der Waals surface area contributed by atoms with Crippen molar-refractivity contribution in [3.63, 3.8) is 0 Å². The summed E-state index contributed by atoms with van der Waals surface area (Å²) in [5.74, 6) is 0.661. The maximum absolute atomic E-state index is 6.80. The molecule has 0 aromatic heterocycles. The molecule has 0 radical (unpaired) electrons. The number of hydrogen-bond acceptors (Lipinski definition) is 3. The molecule has 25 heavy (non-hydrogen) atoms. The summed E-state index contributed by atoms with van der Waals surface area (Å²) in [4.78, 5) is 0. The van der Waals surface area contributed by atoms with E-state index < -0.39 is 0 Å². The standard InChI is InChI=1S/C22H49N3/c1-16(2)13-18(3,4)17(23)19(5,6)14-21(9,10)25-22(11,12)15-20(7,8)24/h16-17,25H,13-15,23-24H2,1-12H3. The molecule has 0 rings (SSSR count). The van der Waals surface area contributed by atoms with Gasteiger partial charge >= 0.3 is 0 Å². The fraction of sp³-hybridized carbons (Fsp3) is 1.00. The Bertz CT molecular complexity index is 411. The van der Waals surface area contributed by atoms with Gasteiger partial charge in [-0.15, -0.1) is 0 Å². The summed E-state index contributed by atoms with van der Waals surface area (Å²) in [6, 6.07) is 0.150. The molecule has 0 aromatic carbocycles. The molecule has 0 fully saturated rings. The highest BCUT2D eigenvalue weighted by Crippen LogP contribution is 2.42. The maximum atomic E-state index is 6.80. The van der Waals surface area contributed by atoms with Crippen molar-refractivity contribution in [2.45, 2.75) is 125 Å². The van der Waals surface area contributed by atoms with E-state index in [1.165, 1.54) is 0 Å². The molecule has 152 valence electrons. The van der Waals surface area contributed by atoms with Gasteiger partial charge < -0.3 is 16.8 Å². The molecule has 0 spiro atoms. The Balaban J connectivity index is 5.18. The molecule has 0 aliphatic heterocycles. The Morgan fingerprint density at radius 2 is 1.12 bits per heavy atom.